The summed E-state index contributed by atoms with van der Waals surface area (Å²) in [6.07, 6.45) is 4.01. The first-order valence-corrected chi connectivity index (χ1v) is 15.6. The molecule has 242 valence electrons. The van der Waals surface area contributed by atoms with Crippen LogP contribution in [0.15, 0.2) is 90.2 Å². The average Bonchev–Trinajstić information content (AvgIpc) is 3.03. The highest BCUT2D eigenvalue weighted by Crippen LogP contribution is 2.45. The second-order valence-electron chi connectivity index (χ2n) is 11.7. The van der Waals surface area contributed by atoms with Gasteiger partial charge in [-0.3, -0.25) is 14.4 Å². The summed E-state index contributed by atoms with van der Waals surface area (Å²) in [5, 5.41) is 18.2. The lowest BCUT2D eigenvalue weighted by molar-refractivity contribution is -0.145. The van der Waals surface area contributed by atoms with Gasteiger partial charge in [0.05, 0.1) is 18.6 Å². The number of amides is 3. The minimum absolute atomic E-state index is 0.0119. The number of allylic oxidation sites excluding steroid dienone is 1. The molecule has 1 unspecified atom stereocenters. The predicted octanol–water partition coefficient (Wildman–Crippen LogP) is 4.03. The number of ether oxygens (including phenoxy) is 1. The summed E-state index contributed by atoms with van der Waals surface area (Å²) < 4.78 is 5.35. The minimum Gasteiger partial charge on any atom is -0.497 e. The number of nitrogens with two attached hydrogens (primary N) is 1. The molecule has 1 aliphatic carbocycles. The van der Waals surface area contributed by atoms with Crippen molar-refractivity contribution in [1.29, 1.82) is 0 Å². The van der Waals surface area contributed by atoms with Crippen molar-refractivity contribution >= 4 is 17.7 Å². The van der Waals surface area contributed by atoms with Crippen molar-refractivity contribution in [2.75, 3.05) is 26.7 Å². The third-order valence-corrected chi connectivity index (χ3v) is 8.10. The van der Waals surface area contributed by atoms with Crippen LogP contribution in [0.3, 0.4) is 0 Å². The summed E-state index contributed by atoms with van der Waals surface area (Å²) in [5.74, 6) is -1.31. The topological polar surface area (TPSA) is 134 Å². The van der Waals surface area contributed by atoms with Crippen LogP contribution in [0.5, 0.6) is 5.75 Å². The van der Waals surface area contributed by atoms with E-state index in [4.69, 9.17) is 10.5 Å². The first-order chi connectivity index (χ1) is 21.5. The van der Waals surface area contributed by atoms with Gasteiger partial charge in [0.1, 0.15) is 5.75 Å². The van der Waals surface area contributed by atoms with Crippen LogP contribution in [0.2, 0.25) is 0 Å². The lowest BCUT2D eigenvalue weighted by Gasteiger charge is -2.45. The van der Waals surface area contributed by atoms with Gasteiger partial charge >= 0.3 is 0 Å². The number of hydrogen-bond acceptors (Lipinski definition) is 6. The Labute approximate surface area is 267 Å². The molecule has 2 aromatic carbocycles. The second-order valence-corrected chi connectivity index (χ2v) is 11.7. The first-order valence-electron chi connectivity index (χ1n) is 15.6. The number of nitrogens with one attached hydrogen (secondary N) is 2. The van der Waals surface area contributed by atoms with Crippen molar-refractivity contribution in [3.8, 4) is 5.75 Å². The zero-order valence-electron chi connectivity index (χ0n) is 27.0. The summed E-state index contributed by atoms with van der Waals surface area (Å²) >= 11 is 0. The number of benzene rings is 2. The molecule has 0 fully saturated rings. The maximum atomic E-state index is 14.9. The largest absolute Gasteiger partial charge is 0.497 e. The number of rotatable bonds is 17. The molecule has 0 bridgehead atoms. The highest BCUT2D eigenvalue weighted by molar-refractivity contribution is 5.98. The summed E-state index contributed by atoms with van der Waals surface area (Å²) in [5.41, 5.74) is 7.11. The maximum Gasteiger partial charge on any atom is 0.250 e. The Bertz CT molecular complexity index is 1400. The molecule has 9 heteroatoms. The third-order valence-electron chi connectivity index (χ3n) is 8.10. The van der Waals surface area contributed by atoms with Gasteiger partial charge in [-0.05, 0) is 68.0 Å². The van der Waals surface area contributed by atoms with E-state index < -0.39 is 29.3 Å². The third kappa shape index (κ3) is 9.39. The number of nitrogens with zero attached hydrogens (tertiary/aromatic N) is 1. The smallest absolute Gasteiger partial charge is 0.250 e. The van der Waals surface area contributed by atoms with Crippen molar-refractivity contribution in [1.82, 2.24) is 15.5 Å². The van der Waals surface area contributed by atoms with Crippen molar-refractivity contribution in [2.24, 2.45) is 17.1 Å². The average molecular weight is 617 g/mol. The van der Waals surface area contributed by atoms with E-state index >= 15 is 0 Å². The molecule has 45 heavy (non-hydrogen) atoms. The molecular formula is C36H48N4O5. The molecule has 3 atom stereocenters. The standard InChI is InChI=1S/C36H48N4O5/c1-6-16-40(17-7-2)35(44)36(21-28(33(37)42)20-29(22-36)39-34(43)25(3)4)31(19-26-12-9-8-10-13-26)32(41)24-38-23-27-14-11-15-30(18-27)45-5/h8-15,18,20,22,31-32,38,41H,3,6-7,16-17,19,21,23-24H2,1-2,4-5H3,(H2,37,42)(H,39,43)/t31-,32+,36?/m1/s1. The number of methoxy groups -OCH3 is 1. The van der Waals surface area contributed by atoms with Crippen LogP contribution in [0.1, 0.15) is 51.2 Å². The summed E-state index contributed by atoms with van der Waals surface area (Å²) in [7, 11) is 1.61. The maximum absolute atomic E-state index is 14.9. The Hall–Kier alpha value is -4.21. The fourth-order valence-corrected chi connectivity index (χ4v) is 5.89. The lowest BCUT2D eigenvalue weighted by atomic mass is 9.63. The molecule has 0 spiro atoms. The van der Waals surface area contributed by atoms with E-state index in [2.05, 4.69) is 17.2 Å². The SMILES string of the molecule is C=C(C)C(=O)NC1=CC(C(=O)N(CCC)CCC)([C@H](Cc2ccccc2)[C@@H](O)CNCc2cccc(OC)c2)CC(C(N)=O)=C1. The van der Waals surface area contributed by atoms with Gasteiger partial charge in [0, 0.05) is 48.9 Å². The Kier molecular flexibility index (Phi) is 13.1. The number of aliphatic hydroxyl groups excluding tert-OH is 1. The summed E-state index contributed by atoms with van der Waals surface area (Å²) in [6, 6.07) is 17.3. The van der Waals surface area contributed by atoms with Crippen molar-refractivity contribution in [3.63, 3.8) is 0 Å². The van der Waals surface area contributed by atoms with Crippen molar-refractivity contribution in [2.45, 2.75) is 59.1 Å². The van der Waals surface area contributed by atoms with Gasteiger partial charge < -0.3 is 31.1 Å². The Morgan fingerprint density at radius 3 is 2.33 bits per heavy atom. The van der Waals surface area contributed by atoms with Crippen LogP contribution in [-0.2, 0) is 27.3 Å². The monoisotopic (exact) mass is 616 g/mol. The van der Waals surface area contributed by atoms with E-state index in [0.717, 1.165) is 29.7 Å². The van der Waals surface area contributed by atoms with E-state index in [1.807, 2.05) is 68.4 Å². The summed E-state index contributed by atoms with van der Waals surface area (Å²) in [4.78, 5) is 42.2. The van der Waals surface area contributed by atoms with Crippen LogP contribution < -0.4 is 21.1 Å². The van der Waals surface area contributed by atoms with Gasteiger partial charge in [-0.25, -0.2) is 0 Å². The molecule has 0 saturated heterocycles. The molecule has 1 aliphatic rings. The highest BCUT2D eigenvalue weighted by atomic mass is 16.5. The molecular weight excluding hydrogens is 568 g/mol. The van der Waals surface area contributed by atoms with Gasteiger partial charge in [-0.1, -0.05) is 62.9 Å². The van der Waals surface area contributed by atoms with Crippen LogP contribution in [0.4, 0.5) is 0 Å². The highest BCUT2D eigenvalue weighted by Gasteiger charge is 2.51. The van der Waals surface area contributed by atoms with Crippen LogP contribution >= 0.6 is 0 Å². The zero-order chi connectivity index (χ0) is 33.0. The Morgan fingerprint density at radius 2 is 1.73 bits per heavy atom. The Morgan fingerprint density at radius 1 is 1.07 bits per heavy atom. The minimum atomic E-state index is -1.39. The number of carbonyl (C=O) groups excluding carboxylic acids is 3. The van der Waals surface area contributed by atoms with Crippen molar-refractivity contribution in [3.05, 3.63) is 101 Å². The fourth-order valence-electron chi connectivity index (χ4n) is 5.89. The fraction of sp³-hybridized carbons (Fsp3) is 0.417. The lowest BCUT2D eigenvalue weighted by Crippen LogP contribution is -2.54. The van der Waals surface area contributed by atoms with Gasteiger partial charge in [0.15, 0.2) is 0 Å². The van der Waals surface area contributed by atoms with Crippen LogP contribution in [0, 0.1) is 11.3 Å². The number of hydrogen-bond donors (Lipinski definition) is 4. The molecule has 0 aliphatic heterocycles. The predicted molar refractivity (Wildman–Crippen MR) is 177 cm³/mol. The van der Waals surface area contributed by atoms with Gasteiger partial charge in [0.2, 0.25) is 11.8 Å². The molecule has 9 nitrogen and oxygen atoms in total. The van der Waals surface area contributed by atoms with Gasteiger partial charge in [-0.2, -0.15) is 0 Å². The number of primary amides is 1. The molecule has 0 radical (unpaired) electrons. The zero-order valence-corrected chi connectivity index (χ0v) is 27.0. The number of aliphatic hydroxyl groups is 1. The van der Waals surface area contributed by atoms with E-state index in [1.165, 1.54) is 6.08 Å². The van der Waals surface area contributed by atoms with E-state index in [1.54, 1.807) is 25.0 Å². The van der Waals surface area contributed by atoms with E-state index in [0.29, 0.717) is 26.1 Å². The first kappa shape index (κ1) is 35.3. The Balaban J connectivity index is 2.14. The normalized spacial score (nSPS) is 17.4. The molecule has 0 aromatic heterocycles. The molecule has 2 aromatic rings. The number of carbonyl (C=O) groups is 3. The second kappa shape index (κ2) is 16.7. The quantitative estimate of drug-likeness (QED) is 0.198. The van der Waals surface area contributed by atoms with Gasteiger partial charge in [-0.15, -0.1) is 0 Å². The molecule has 5 N–H and O–H groups in total. The van der Waals surface area contributed by atoms with E-state index in [-0.39, 0.29) is 35.7 Å². The van der Waals surface area contributed by atoms with Gasteiger partial charge in [0.25, 0.3) is 5.91 Å². The van der Waals surface area contributed by atoms with Crippen LogP contribution in [0.25, 0.3) is 0 Å². The van der Waals surface area contributed by atoms with E-state index in [9.17, 15) is 19.5 Å². The van der Waals surface area contributed by atoms with Crippen molar-refractivity contribution < 1.29 is 24.2 Å². The molecule has 3 amide bonds. The summed E-state index contributed by atoms with van der Waals surface area (Å²) in [6.45, 7) is 11.0. The van der Waals surface area contributed by atoms with Crippen LogP contribution in [-0.4, -0.2) is 60.6 Å². The molecule has 3 rings (SSSR count). The molecule has 0 heterocycles. The molecule has 0 saturated carbocycles.